The van der Waals surface area contributed by atoms with Crippen LogP contribution in [0.25, 0.3) is 222 Å². The molecule has 0 saturated heterocycles. The molecule has 688 valence electrons. The highest BCUT2D eigenvalue weighted by Crippen LogP contribution is 2.50. The van der Waals surface area contributed by atoms with Crippen LogP contribution in [0.2, 0.25) is 0 Å². The molecule has 6 aliphatic heterocycles. The second kappa shape index (κ2) is 29.6. The van der Waals surface area contributed by atoms with Crippen molar-refractivity contribution in [2.45, 2.75) is 157 Å². The number of imide groups is 2. The molecule has 12 heterocycles. The second-order valence-corrected chi connectivity index (χ2v) is 44.1. The number of amides is 4. The molecule has 24 nitrogen and oxygen atoms in total. The van der Waals surface area contributed by atoms with Gasteiger partial charge in [0, 0.05) is 121 Å². The molecule has 25 rings (SSSR count). The van der Waals surface area contributed by atoms with Gasteiger partial charge in [0.25, 0.3) is 23.6 Å². The molecule has 0 unspecified atom stereocenters. The van der Waals surface area contributed by atoms with Gasteiger partial charge >= 0.3 is 0 Å². The lowest BCUT2D eigenvalue weighted by Gasteiger charge is -2.30. The standard InChI is InChI=1S/C116H98N18O6/c1-111(2,3)55-19-27-67-79(47-55)99-117-91(67)121-101-83-51-59(115(13,14)15)23-31-71(83)95(125-101)129-105-85-53-61(25-33-73(85)97(131-105)127-103-81-49-57(113(7,8)9)21-29-69(81)93(119-99)123-103)139-45-43-133-107(135)75-39-35-63-65-37-41-77-90-78(42-38-66(88(65)90)64-36-40-76(108(133)136)89(75)87(63)64)110(138)134(109(77)137)44-46-140-62-26-34-74-86(54-62)106-130-96-72-32-24-60(116(16,17)18)52-84(72)102(126-96)122-92-68-28-20-56(112(4,5)6)48-80(68)100(118-92)120-94-70-30-22-58(114(10,11)12)50-82(70)104(124-94)128-98(74)132-106/h19-42,47-54H,43-46H2,1-18H3,(H2,117,119,121,123,125,127,129,131)(H2,118,120,122,124,126,128,130,132). The summed E-state index contributed by atoms with van der Waals surface area (Å²) in [5.74, 6) is 2.70. The van der Waals surface area contributed by atoms with Crippen LogP contribution in [-0.4, -0.2) is 139 Å². The Morgan fingerprint density at radius 1 is 0.207 bits per heavy atom. The zero-order valence-electron chi connectivity index (χ0n) is 81.0. The number of benzene rings is 13. The molecule has 0 saturated carbocycles. The molecule has 4 amide bonds. The molecule has 0 radical (unpaired) electrons. The van der Waals surface area contributed by atoms with Gasteiger partial charge in [0.1, 0.15) is 69.9 Å². The lowest BCUT2D eigenvalue weighted by Crippen LogP contribution is -2.42. The van der Waals surface area contributed by atoms with Crippen molar-refractivity contribution in [3.8, 4) is 103 Å². The van der Waals surface area contributed by atoms with Gasteiger partial charge < -0.3 is 29.4 Å². The van der Waals surface area contributed by atoms with Crippen molar-refractivity contribution in [3.63, 3.8) is 0 Å². The first kappa shape index (κ1) is 85.4. The quantitative estimate of drug-likeness (QED) is 0.0624. The number of carbonyl (C=O) groups is 4. The Labute approximate surface area is 804 Å². The van der Waals surface area contributed by atoms with E-state index in [1.807, 2.05) is 60.7 Å². The number of ether oxygens (including phenoxy) is 2. The zero-order chi connectivity index (χ0) is 96.7. The van der Waals surface area contributed by atoms with E-state index in [9.17, 15) is 0 Å². The summed E-state index contributed by atoms with van der Waals surface area (Å²) in [6.45, 7) is 39.2. The maximum Gasteiger partial charge on any atom is 0.261 e. The average molecular weight is 1840 g/mol. The van der Waals surface area contributed by atoms with Gasteiger partial charge in [-0.3, -0.25) is 29.0 Å². The van der Waals surface area contributed by atoms with Crippen LogP contribution in [0.3, 0.4) is 0 Å². The third-order valence-corrected chi connectivity index (χ3v) is 28.8. The summed E-state index contributed by atoms with van der Waals surface area (Å²) in [5.41, 5.74) is 17.8. The van der Waals surface area contributed by atoms with E-state index in [4.69, 9.17) is 69.3 Å². The van der Waals surface area contributed by atoms with E-state index in [1.54, 1.807) is 24.3 Å². The predicted molar refractivity (Wildman–Crippen MR) is 554 cm³/mol. The molecular formula is C116H98N18O6. The second-order valence-electron chi connectivity index (χ2n) is 44.1. The van der Waals surface area contributed by atoms with Crippen LogP contribution < -0.4 is 9.47 Å². The number of carbonyl (C=O) groups excluding carboxylic acids is 4. The van der Waals surface area contributed by atoms with E-state index in [0.29, 0.717) is 159 Å². The predicted octanol–water partition coefficient (Wildman–Crippen LogP) is 25.2. The zero-order valence-corrected chi connectivity index (χ0v) is 81.0. The van der Waals surface area contributed by atoms with Crippen molar-refractivity contribution >= 4 is 155 Å². The fourth-order valence-electron chi connectivity index (χ4n) is 20.8. The number of nitrogens with zero attached hydrogens (tertiary/aromatic N) is 14. The van der Waals surface area contributed by atoms with Crippen LogP contribution >= 0.6 is 0 Å². The summed E-state index contributed by atoms with van der Waals surface area (Å²) in [7, 11) is 0. The fraction of sp³-hybridized carbons (Fsp3) is 0.241. The summed E-state index contributed by atoms with van der Waals surface area (Å²) >= 11 is 0. The first-order valence-corrected chi connectivity index (χ1v) is 47.7. The summed E-state index contributed by atoms with van der Waals surface area (Å²) in [4.78, 5) is 142. The highest BCUT2D eigenvalue weighted by atomic mass is 16.5. The molecule has 13 aromatic carbocycles. The van der Waals surface area contributed by atoms with E-state index in [-0.39, 0.29) is 58.8 Å². The van der Waals surface area contributed by atoms with Crippen molar-refractivity contribution < 1.29 is 28.7 Å². The average Bonchev–Trinajstić information content (AvgIpc) is 1.48. The Morgan fingerprint density at radius 2 is 0.407 bits per heavy atom. The highest BCUT2D eigenvalue weighted by Gasteiger charge is 2.40. The van der Waals surface area contributed by atoms with E-state index in [0.717, 1.165) is 131 Å². The molecule has 0 aliphatic carbocycles. The monoisotopic (exact) mass is 1840 g/mol. The molecule has 140 heavy (non-hydrogen) atoms. The molecule has 4 N–H and O–H groups in total. The molecule has 0 spiro atoms. The molecule has 24 heteroatoms. The van der Waals surface area contributed by atoms with Gasteiger partial charge in [0.05, 0.1) is 13.1 Å². The number of rotatable bonds is 8. The number of aromatic nitrogens is 16. The maximum absolute atomic E-state index is 15.2. The lowest BCUT2D eigenvalue weighted by atomic mass is 9.82. The van der Waals surface area contributed by atoms with E-state index in [2.05, 4.69) is 254 Å². The molecule has 19 aromatic rings. The van der Waals surface area contributed by atoms with Gasteiger partial charge in [0.15, 0.2) is 46.6 Å². The van der Waals surface area contributed by atoms with Gasteiger partial charge in [-0.2, -0.15) is 0 Å². The number of hydrogen-bond donors (Lipinski definition) is 4. The van der Waals surface area contributed by atoms with Crippen LogP contribution in [0.1, 0.15) is 199 Å². The number of hydrogen-bond acceptors (Lipinski definition) is 18. The normalized spacial score (nSPS) is 13.9. The molecule has 0 atom stereocenters. The van der Waals surface area contributed by atoms with E-state index < -0.39 is 23.6 Å². The molecular weight excluding hydrogens is 1740 g/mol. The number of fused-ring (bicyclic) bond motifs is 42. The van der Waals surface area contributed by atoms with E-state index >= 15 is 19.2 Å². The fourth-order valence-corrected chi connectivity index (χ4v) is 20.8. The number of aromatic amines is 4. The Hall–Kier alpha value is -16.2. The maximum atomic E-state index is 15.2. The highest BCUT2D eigenvalue weighted by molar-refractivity contribution is 6.41. The van der Waals surface area contributed by atoms with Gasteiger partial charge in [-0.1, -0.05) is 222 Å². The summed E-state index contributed by atoms with van der Waals surface area (Å²) in [5, 5.41) is 12.4. The Balaban J connectivity index is 0.514. The van der Waals surface area contributed by atoms with Crippen LogP contribution in [0.15, 0.2) is 194 Å². The topological polar surface area (TPSA) is 311 Å². The van der Waals surface area contributed by atoms with E-state index in [1.165, 1.54) is 9.80 Å². The minimum atomic E-state index is -0.466. The minimum absolute atomic E-state index is 0.0522. The van der Waals surface area contributed by atoms with Crippen LogP contribution in [0, 0.1) is 0 Å². The van der Waals surface area contributed by atoms with Gasteiger partial charge in [-0.15, -0.1) is 0 Å². The Bertz CT molecular complexity index is 8580. The van der Waals surface area contributed by atoms with Crippen molar-refractivity contribution in [1.82, 2.24) is 89.5 Å². The molecule has 0 fully saturated rings. The minimum Gasteiger partial charge on any atom is -0.492 e. The largest absolute Gasteiger partial charge is 0.492 e. The number of H-pyrrole nitrogens is 4. The summed E-state index contributed by atoms with van der Waals surface area (Å²) in [6.07, 6.45) is 0. The summed E-state index contributed by atoms with van der Waals surface area (Å²) < 4.78 is 13.3. The first-order chi connectivity index (χ1) is 66.7. The van der Waals surface area contributed by atoms with Crippen LogP contribution in [0.4, 0.5) is 0 Å². The molecule has 6 aromatic heterocycles. The van der Waals surface area contributed by atoms with Gasteiger partial charge in [-0.05, 0) is 195 Å². The first-order valence-electron chi connectivity index (χ1n) is 47.7. The third kappa shape index (κ3) is 13.4. The molecule has 6 aliphatic rings. The number of nitrogens with one attached hydrogen (secondary N) is 4. The van der Waals surface area contributed by atoms with Crippen LogP contribution in [-0.2, 0) is 32.5 Å². The SMILES string of the molecule is CC(C)(C)c1ccc2c(c1)-c1nc-2nc2[nH]c(nc3nc(nc4[nH]c(n1)c1ccc(C(C)(C)C)cc41)-c1ccc(OCCN4C(=O)c5ccc6c7ccc8c9c(ccc(c%10ccc(c5c6%10)C4=O)c97)C(=O)N(CCOc4ccc5c(c4)-c4nc-5nc5[nH]c(nc6nc(nc7[nH]c(n4)c4ccc(C(C)(C)C)cc74)-c4ccc(C(C)(C)C)cc4-6)c4ccc(C(C)(C)C)cc54)C8=O)cc1-3)c1ccc(C(C)(C)C)cc21. The lowest BCUT2D eigenvalue weighted by molar-refractivity contribution is 0.0573. The Kier molecular flexibility index (Phi) is 18.1. The third-order valence-electron chi connectivity index (χ3n) is 28.8. The van der Waals surface area contributed by atoms with Crippen molar-refractivity contribution in [2.75, 3.05) is 26.3 Å². The van der Waals surface area contributed by atoms with Crippen molar-refractivity contribution in [3.05, 3.63) is 250 Å². The van der Waals surface area contributed by atoms with Crippen molar-refractivity contribution in [1.29, 1.82) is 0 Å². The van der Waals surface area contributed by atoms with Crippen LogP contribution in [0.5, 0.6) is 11.5 Å². The van der Waals surface area contributed by atoms with Gasteiger partial charge in [0.2, 0.25) is 0 Å². The van der Waals surface area contributed by atoms with Crippen molar-refractivity contribution in [2.24, 2.45) is 0 Å². The van der Waals surface area contributed by atoms with Gasteiger partial charge in [-0.25, -0.2) is 59.8 Å². The smallest absolute Gasteiger partial charge is 0.261 e. The summed E-state index contributed by atoms with van der Waals surface area (Å²) in [6, 6.07) is 64.6. The Morgan fingerprint density at radius 3 is 0.657 bits per heavy atom. The molecule has 16 bridgehead atoms.